The predicted octanol–water partition coefficient (Wildman–Crippen LogP) is 3.88. The Kier molecular flexibility index (Phi) is 7.76. The molecular weight excluding hydrogens is 388 g/mol. The van der Waals surface area contributed by atoms with Crippen molar-refractivity contribution in [3.05, 3.63) is 23.9 Å². The molecule has 2 atom stereocenters. The molecule has 0 saturated carbocycles. The van der Waals surface area contributed by atoms with Crippen LogP contribution >= 0.6 is 0 Å². The molecule has 0 bridgehead atoms. The van der Waals surface area contributed by atoms with Crippen molar-refractivity contribution in [1.82, 2.24) is 14.8 Å². The molecule has 1 aromatic heterocycles. The summed E-state index contributed by atoms with van der Waals surface area (Å²) in [6.45, 7) is 18.5. The van der Waals surface area contributed by atoms with Gasteiger partial charge in [-0.25, -0.2) is 4.98 Å². The molecule has 0 aromatic carbocycles. The van der Waals surface area contributed by atoms with Crippen LogP contribution in [-0.2, 0) is 9.53 Å². The molecule has 0 radical (unpaired) electrons. The lowest BCUT2D eigenvalue weighted by molar-refractivity contribution is -0.131. The van der Waals surface area contributed by atoms with Gasteiger partial charge in [0.25, 0.3) is 0 Å². The summed E-state index contributed by atoms with van der Waals surface area (Å²) in [5.74, 6) is 0.911. The number of ether oxygens (including phenoxy) is 1. The van der Waals surface area contributed by atoms with E-state index in [2.05, 4.69) is 37.5 Å². The van der Waals surface area contributed by atoms with E-state index < -0.39 is 0 Å². The first-order chi connectivity index (χ1) is 14.7. The van der Waals surface area contributed by atoms with Crippen LogP contribution in [0.4, 0.5) is 5.82 Å². The monoisotopic (exact) mass is 430 g/mol. The minimum Gasteiger partial charge on any atom is -0.375 e. The number of piperazine rings is 1. The highest BCUT2D eigenvalue weighted by Gasteiger charge is 2.47. The van der Waals surface area contributed by atoms with Gasteiger partial charge in [-0.1, -0.05) is 19.9 Å². The molecule has 2 unspecified atom stereocenters. The van der Waals surface area contributed by atoms with E-state index in [4.69, 9.17) is 9.72 Å². The molecule has 1 amide bonds. The summed E-state index contributed by atoms with van der Waals surface area (Å²) < 4.78 is 6.13. The molecule has 3 heterocycles. The number of hydrogen-bond acceptors (Lipinski definition) is 5. The van der Waals surface area contributed by atoms with E-state index in [0.717, 1.165) is 57.1 Å². The highest BCUT2D eigenvalue weighted by Crippen LogP contribution is 2.38. The van der Waals surface area contributed by atoms with Gasteiger partial charge in [0, 0.05) is 63.0 Å². The van der Waals surface area contributed by atoms with Crippen molar-refractivity contribution < 1.29 is 9.53 Å². The number of amides is 1. The van der Waals surface area contributed by atoms with Gasteiger partial charge in [0.05, 0.1) is 5.60 Å². The van der Waals surface area contributed by atoms with Crippen LogP contribution in [0.3, 0.4) is 0 Å². The molecule has 6 heteroatoms. The van der Waals surface area contributed by atoms with E-state index in [9.17, 15) is 4.79 Å². The highest BCUT2D eigenvalue weighted by atomic mass is 16.5. The maximum Gasteiger partial charge on any atom is 0.227 e. The number of aryl methyl sites for hydroxylation is 1. The quantitative estimate of drug-likeness (QED) is 0.657. The third-order valence-corrected chi connectivity index (χ3v) is 7.22. The second kappa shape index (κ2) is 9.97. The van der Waals surface area contributed by atoms with E-state index in [1.807, 2.05) is 36.9 Å². The summed E-state index contributed by atoms with van der Waals surface area (Å²) in [6.07, 6.45) is 3.53. The van der Waals surface area contributed by atoms with E-state index in [0.29, 0.717) is 19.0 Å². The van der Waals surface area contributed by atoms with Gasteiger partial charge in [0.1, 0.15) is 5.82 Å². The Hall–Kier alpha value is -1.50. The van der Waals surface area contributed by atoms with Crippen molar-refractivity contribution in [3.8, 4) is 0 Å². The smallest absolute Gasteiger partial charge is 0.227 e. The Morgan fingerprint density at radius 3 is 2.52 bits per heavy atom. The average molecular weight is 431 g/mol. The van der Waals surface area contributed by atoms with Crippen LogP contribution in [-0.4, -0.2) is 77.2 Å². The lowest BCUT2D eigenvalue weighted by Crippen LogP contribution is -2.66. The molecular formula is C25H42N4O2. The van der Waals surface area contributed by atoms with Gasteiger partial charge in [-0.3, -0.25) is 19.5 Å². The fourth-order valence-corrected chi connectivity index (χ4v) is 5.31. The predicted molar refractivity (Wildman–Crippen MR) is 127 cm³/mol. The van der Waals surface area contributed by atoms with Crippen molar-refractivity contribution in [3.63, 3.8) is 0 Å². The number of rotatable bonds is 7. The maximum absolute atomic E-state index is 13.1. The number of nitrogens with zero attached hydrogens (tertiary/aromatic N) is 4. The maximum atomic E-state index is 13.1. The van der Waals surface area contributed by atoms with Crippen LogP contribution in [0.5, 0.6) is 0 Å². The van der Waals surface area contributed by atoms with Crippen molar-refractivity contribution in [2.75, 3.05) is 44.2 Å². The van der Waals surface area contributed by atoms with E-state index in [1.54, 1.807) is 0 Å². The molecule has 31 heavy (non-hydrogen) atoms. The second-order valence-corrected chi connectivity index (χ2v) is 10.0. The Balaban J connectivity index is 1.90. The standard InChI is InChI=1S/C25H42N4O2/c1-7-21(4)27-13-15-28(16-14-27)25(12-17-31-24(5,6)18-25)19-29(23(30)8-2)22-11-9-10-20(3)26-22/h9-11,21H,7-8,12-19H2,1-6H3. The lowest BCUT2D eigenvalue weighted by Gasteiger charge is -2.55. The molecule has 0 spiro atoms. The summed E-state index contributed by atoms with van der Waals surface area (Å²) in [5, 5.41) is 0. The third kappa shape index (κ3) is 5.65. The number of aromatic nitrogens is 1. The number of carbonyl (C=O) groups is 1. The Morgan fingerprint density at radius 1 is 1.23 bits per heavy atom. The molecule has 0 aliphatic carbocycles. The molecule has 2 aliphatic rings. The summed E-state index contributed by atoms with van der Waals surface area (Å²) in [6, 6.07) is 6.58. The summed E-state index contributed by atoms with van der Waals surface area (Å²) >= 11 is 0. The van der Waals surface area contributed by atoms with Gasteiger partial charge in [0.2, 0.25) is 5.91 Å². The van der Waals surface area contributed by atoms with Gasteiger partial charge in [0.15, 0.2) is 0 Å². The number of pyridine rings is 1. The van der Waals surface area contributed by atoms with Crippen LogP contribution in [0.1, 0.15) is 66.0 Å². The zero-order chi connectivity index (χ0) is 22.6. The largest absolute Gasteiger partial charge is 0.375 e. The molecule has 174 valence electrons. The van der Waals surface area contributed by atoms with Gasteiger partial charge in [-0.15, -0.1) is 0 Å². The number of hydrogen-bond donors (Lipinski definition) is 0. The van der Waals surface area contributed by atoms with Gasteiger partial charge in [-0.2, -0.15) is 0 Å². The van der Waals surface area contributed by atoms with Gasteiger partial charge in [-0.05, 0) is 59.1 Å². The zero-order valence-electron chi connectivity index (χ0n) is 20.5. The van der Waals surface area contributed by atoms with Crippen molar-refractivity contribution in [1.29, 1.82) is 0 Å². The van der Waals surface area contributed by atoms with Crippen LogP contribution in [0, 0.1) is 6.92 Å². The van der Waals surface area contributed by atoms with Crippen molar-refractivity contribution in [2.24, 2.45) is 0 Å². The normalized spacial score (nSPS) is 25.9. The SMILES string of the molecule is CCC(=O)N(CC1(N2CCN(C(C)CC)CC2)CCOC(C)(C)C1)c1cccc(C)n1. The van der Waals surface area contributed by atoms with Crippen LogP contribution < -0.4 is 4.90 Å². The van der Waals surface area contributed by atoms with Crippen LogP contribution in [0.25, 0.3) is 0 Å². The van der Waals surface area contributed by atoms with Crippen molar-refractivity contribution >= 4 is 11.7 Å². The number of carbonyl (C=O) groups excluding carboxylic acids is 1. The molecule has 3 rings (SSSR count). The van der Waals surface area contributed by atoms with Crippen LogP contribution in [0.2, 0.25) is 0 Å². The van der Waals surface area contributed by atoms with E-state index in [1.165, 1.54) is 6.42 Å². The first-order valence-corrected chi connectivity index (χ1v) is 12.1. The Bertz CT molecular complexity index is 745. The van der Waals surface area contributed by atoms with Gasteiger partial charge >= 0.3 is 0 Å². The topological polar surface area (TPSA) is 48.9 Å². The minimum absolute atomic E-state index is 0.0977. The molecule has 6 nitrogen and oxygen atoms in total. The molecule has 0 N–H and O–H groups in total. The fourth-order valence-electron chi connectivity index (χ4n) is 5.31. The fraction of sp³-hybridized carbons (Fsp3) is 0.760. The molecule has 2 fully saturated rings. The van der Waals surface area contributed by atoms with Gasteiger partial charge < -0.3 is 4.74 Å². The Morgan fingerprint density at radius 2 is 1.94 bits per heavy atom. The second-order valence-electron chi connectivity index (χ2n) is 10.0. The first kappa shape index (κ1) is 24.1. The van der Waals surface area contributed by atoms with Crippen LogP contribution in [0.15, 0.2) is 18.2 Å². The highest BCUT2D eigenvalue weighted by molar-refractivity contribution is 5.92. The lowest BCUT2D eigenvalue weighted by atomic mass is 9.78. The molecule has 1 aromatic rings. The summed E-state index contributed by atoms with van der Waals surface area (Å²) in [4.78, 5) is 25.0. The zero-order valence-corrected chi connectivity index (χ0v) is 20.5. The molecule has 2 aliphatic heterocycles. The summed E-state index contributed by atoms with van der Waals surface area (Å²) in [5.41, 5.74) is 0.641. The summed E-state index contributed by atoms with van der Waals surface area (Å²) in [7, 11) is 0. The Labute approximate surface area is 188 Å². The average Bonchev–Trinajstić information content (AvgIpc) is 2.76. The van der Waals surface area contributed by atoms with Crippen molar-refractivity contribution in [2.45, 2.75) is 84.4 Å². The third-order valence-electron chi connectivity index (χ3n) is 7.22. The molecule has 2 saturated heterocycles. The first-order valence-electron chi connectivity index (χ1n) is 12.1. The van der Waals surface area contributed by atoms with E-state index in [-0.39, 0.29) is 17.0 Å². The number of anilines is 1. The minimum atomic E-state index is -0.201. The van der Waals surface area contributed by atoms with E-state index >= 15 is 0 Å².